The molecule has 0 aromatic carbocycles. The van der Waals surface area contributed by atoms with Gasteiger partial charge in [0.05, 0.1) is 0 Å². The molecule has 2 unspecified atom stereocenters. The molecule has 64 valence electrons. The van der Waals surface area contributed by atoms with E-state index in [0.29, 0.717) is 0 Å². The van der Waals surface area contributed by atoms with Crippen molar-refractivity contribution in [2.75, 3.05) is 0 Å². The van der Waals surface area contributed by atoms with Crippen LogP contribution < -0.4 is 0 Å². The third kappa shape index (κ3) is 3.09. The van der Waals surface area contributed by atoms with Gasteiger partial charge in [0.2, 0.25) is 0 Å². The molecule has 0 saturated heterocycles. The summed E-state index contributed by atoms with van der Waals surface area (Å²) < 4.78 is 0. The Morgan fingerprint density at radius 1 is 1.18 bits per heavy atom. The van der Waals surface area contributed by atoms with Crippen molar-refractivity contribution < 1.29 is 0 Å². The van der Waals surface area contributed by atoms with Crippen molar-refractivity contribution in [3.8, 4) is 0 Å². The van der Waals surface area contributed by atoms with Gasteiger partial charge in [-0.1, -0.05) is 38.3 Å². The zero-order chi connectivity index (χ0) is 8.27. The molecule has 0 spiro atoms. The van der Waals surface area contributed by atoms with Crippen molar-refractivity contribution in [2.24, 2.45) is 11.8 Å². The minimum absolute atomic E-state index is 0.910. The second-order valence-corrected chi connectivity index (χ2v) is 4.28. The summed E-state index contributed by atoms with van der Waals surface area (Å²) in [6, 6.07) is 0. The Bertz CT molecular complexity index is 144. The molecular formula is C11H20. The Morgan fingerprint density at radius 2 is 1.82 bits per heavy atom. The summed E-state index contributed by atoms with van der Waals surface area (Å²) in [5.74, 6) is 1.82. The van der Waals surface area contributed by atoms with E-state index in [1.54, 1.807) is 5.57 Å². The minimum atomic E-state index is 0.910. The minimum Gasteiger partial charge on any atom is -0.0853 e. The van der Waals surface area contributed by atoms with Gasteiger partial charge in [0.15, 0.2) is 0 Å². The first-order valence-electron chi connectivity index (χ1n) is 4.84. The van der Waals surface area contributed by atoms with Crippen LogP contribution in [0.2, 0.25) is 0 Å². The van der Waals surface area contributed by atoms with Gasteiger partial charge in [-0.2, -0.15) is 0 Å². The molecule has 0 heteroatoms. The van der Waals surface area contributed by atoms with E-state index in [0.717, 1.165) is 11.8 Å². The molecule has 1 aliphatic carbocycles. The zero-order valence-corrected chi connectivity index (χ0v) is 8.06. The largest absolute Gasteiger partial charge is 0.0853 e. The molecule has 0 fully saturated rings. The summed E-state index contributed by atoms with van der Waals surface area (Å²) in [7, 11) is 0. The molecule has 0 radical (unpaired) electrons. The van der Waals surface area contributed by atoms with Crippen LogP contribution >= 0.6 is 0 Å². The molecule has 0 aromatic rings. The van der Waals surface area contributed by atoms with Gasteiger partial charge in [-0.05, 0) is 31.6 Å². The highest BCUT2D eigenvalue weighted by Gasteiger charge is 2.09. The van der Waals surface area contributed by atoms with Crippen LogP contribution in [0.15, 0.2) is 11.6 Å². The van der Waals surface area contributed by atoms with Gasteiger partial charge in [0.25, 0.3) is 0 Å². The average Bonchev–Trinajstić information content (AvgIpc) is 1.95. The van der Waals surface area contributed by atoms with Gasteiger partial charge in [-0.25, -0.2) is 0 Å². The van der Waals surface area contributed by atoms with Gasteiger partial charge in [-0.3, -0.25) is 0 Å². The molecule has 0 N–H and O–H groups in total. The molecule has 1 rings (SSSR count). The highest BCUT2D eigenvalue weighted by molar-refractivity contribution is 5.00. The summed E-state index contributed by atoms with van der Waals surface area (Å²) in [5.41, 5.74) is 1.60. The van der Waals surface area contributed by atoms with Crippen LogP contribution in [0, 0.1) is 11.8 Å². The van der Waals surface area contributed by atoms with E-state index in [1.165, 1.54) is 25.7 Å². The van der Waals surface area contributed by atoms with E-state index in [2.05, 4.69) is 26.8 Å². The van der Waals surface area contributed by atoms with Gasteiger partial charge < -0.3 is 0 Å². The fourth-order valence-corrected chi connectivity index (χ4v) is 1.82. The molecule has 0 bridgehead atoms. The quantitative estimate of drug-likeness (QED) is 0.463. The third-order valence-electron chi connectivity index (χ3n) is 2.69. The Morgan fingerprint density at radius 3 is 2.55 bits per heavy atom. The van der Waals surface area contributed by atoms with Crippen molar-refractivity contribution in [3.63, 3.8) is 0 Å². The topological polar surface area (TPSA) is 0 Å². The summed E-state index contributed by atoms with van der Waals surface area (Å²) in [6.45, 7) is 7.01. The lowest BCUT2D eigenvalue weighted by molar-refractivity contribution is 0.417. The van der Waals surface area contributed by atoms with Gasteiger partial charge in [0, 0.05) is 0 Å². The maximum absolute atomic E-state index is 2.43. The molecule has 11 heavy (non-hydrogen) atoms. The Balaban J connectivity index is 2.51. The van der Waals surface area contributed by atoms with Crippen LogP contribution in [0.25, 0.3) is 0 Å². The lowest BCUT2D eigenvalue weighted by Crippen LogP contribution is -2.04. The Kier molecular flexibility index (Phi) is 3.16. The van der Waals surface area contributed by atoms with Crippen molar-refractivity contribution in [3.05, 3.63) is 11.6 Å². The monoisotopic (exact) mass is 152 g/mol. The predicted molar refractivity (Wildman–Crippen MR) is 50.6 cm³/mol. The van der Waals surface area contributed by atoms with E-state index in [-0.39, 0.29) is 0 Å². The van der Waals surface area contributed by atoms with Crippen LogP contribution in [0.1, 0.15) is 46.5 Å². The second-order valence-electron chi connectivity index (χ2n) is 4.28. The van der Waals surface area contributed by atoms with Crippen LogP contribution in [0.5, 0.6) is 0 Å². The van der Waals surface area contributed by atoms with E-state index in [1.807, 2.05) is 0 Å². The van der Waals surface area contributed by atoms with Crippen molar-refractivity contribution in [1.29, 1.82) is 0 Å². The van der Waals surface area contributed by atoms with E-state index >= 15 is 0 Å². The van der Waals surface area contributed by atoms with Gasteiger partial charge >= 0.3 is 0 Å². The highest BCUT2D eigenvalue weighted by Crippen LogP contribution is 2.24. The maximum Gasteiger partial charge on any atom is -0.0297 e. The molecule has 0 heterocycles. The Labute approximate surface area is 70.7 Å². The zero-order valence-electron chi connectivity index (χ0n) is 8.06. The lowest BCUT2D eigenvalue weighted by atomic mass is 9.88. The number of rotatable bonds is 0. The molecule has 1 aliphatic rings. The first-order valence-corrected chi connectivity index (χ1v) is 4.84. The fraction of sp³-hybridized carbons (Fsp3) is 0.818. The third-order valence-corrected chi connectivity index (χ3v) is 2.69. The molecule has 0 saturated carbocycles. The van der Waals surface area contributed by atoms with Gasteiger partial charge in [-0.15, -0.1) is 0 Å². The first-order chi connectivity index (χ1) is 5.18. The van der Waals surface area contributed by atoms with Crippen LogP contribution in [-0.4, -0.2) is 0 Å². The molecule has 0 amide bonds. The summed E-state index contributed by atoms with van der Waals surface area (Å²) >= 11 is 0. The smallest absolute Gasteiger partial charge is 0.0297 e. The van der Waals surface area contributed by atoms with Crippen molar-refractivity contribution in [2.45, 2.75) is 46.5 Å². The first kappa shape index (κ1) is 8.83. The lowest BCUT2D eigenvalue weighted by Gasteiger charge is -2.18. The maximum atomic E-state index is 2.43. The number of hydrogen-bond acceptors (Lipinski definition) is 0. The molecule has 0 aromatic heterocycles. The predicted octanol–water partition coefficient (Wildman–Crippen LogP) is 3.78. The number of allylic oxidation sites excluding steroid dienone is 2. The summed E-state index contributed by atoms with van der Waals surface area (Å²) in [6.07, 6.45) is 7.91. The Hall–Kier alpha value is -0.260. The summed E-state index contributed by atoms with van der Waals surface area (Å²) in [5, 5.41) is 0. The van der Waals surface area contributed by atoms with E-state index in [4.69, 9.17) is 0 Å². The molecular weight excluding hydrogens is 132 g/mol. The van der Waals surface area contributed by atoms with E-state index < -0.39 is 0 Å². The fourth-order valence-electron chi connectivity index (χ4n) is 1.82. The van der Waals surface area contributed by atoms with Crippen LogP contribution in [-0.2, 0) is 0 Å². The average molecular weight is 152 g/mol. The SMILES string of the molecule is C/C1=C/CC(C)CCC(C)C1. The van der Waals surface area contributed by atoms with Crippen LogP contribution in [0.3, 0.4) is 0 Å². The second kappa shape index (κ2) is 3.94. The number of hydrogen-bond donors (Lipinski definition) is 0. The molecule has 0 aliphatic heterocycles. The molecule has 0 nitrogen and oxygen atoms in total. The summed E-state index contributed by atoms with van der Waals surface area (Å²) in [4.78, 5) is 0. The molecule has 2 atom stereocenters. The normalized spacial score (nSPS) is 38.6. The highest BCUT2D eigenvalue weighted by atomic mass is 14.2. The van der Waals surface area contributed by atoms with Crippen molar-refractivity contribution >= 4 is 0 Å². The standard InChI is InChI=1S/C11H20/c1-9-4-6-10(2)8-11(3)7-5-9/h6,9,11H,4-5,7-8H2,1-3H3/b10-6-. The van der Waals surface area contributed by atoms with Gasteiger partial charge in [0.1, 0.15) is 0 Å². The van der Waals surface area contributed by atoms with E-state index in [9.17, 15) is 0 Å². The van der Waals surface area contributed by atoms with Crippen LogP contribution in [0.4, 0.5) is 0 Å². The van der Waals surface area contributed by atoms with Crippen molar-refractivity contribution in [1.82, 2.24) is 0 Å².